The van der Waals surface area contributed by atoms with Crippen LogP contribution in [0.1, 0.15) is 35.3 Å². The number of carbonyl (C=O) groups is 1. The van der Waals surface area contributed by atoms with Gasteiger partial charge in [-0.3, -0.25) is 4.79 Å². The maximum absolute atomic E-state index is 12.6. The molecule has 106 valence electrons. The Kier molecular flexibility index (Phi) is 3.01. The normalized spacial score (nSPS) is 16.9. The van der Waals surface area contributed by atoms with Crippen molar-refractivity contribution in [3.8, 4) is 0 Å². The molecule has 1 fully saturated rings. The van der Waals surface area contributed by atoms with Gasteiger partial charge in [-0.15, -0.1) is 0 Å². The first-order chi connectivity index (χ1) is 9.55. The Morgan fingerprint density at radius 1 is 1.55 bits per heavy atom. The van der Waals surface area contributed by atoms with E-state index in [0.29, 0.717) is 12.1 Å². The number of rotatable bonds is 3. The van der Waals surface area contributed by atoms with Crippen LogP contribution in [0.2, 0.25) is 0 Å². The molecule has 0 aromatic carbocycles. The van der Waals surface area contributed by atoms with E-state index in [4.69, 9.17) is 5.73 Å². The summed E-state index contributed by atoms with van der Waals surface area (Å²) in [7, 11) is 1.86. The van der Waals surface area contributed by atoms with E-state index >= 15 is 0 Å². The number of hydrogen-bond donors (Lipinski definition) is 1. The largest absolute Gasteiger partial charge is 0.335 e. The predicted octanol–water partition coefficient (Wildman–Crippen LogP) is 1.60. The smallest absolute Gasteiger partial charge is 0.254 e. The van der Waals surface area contributed by atoms with Crippen molar-refractivity contribution in [3.05, 3.63) is 35.8 Å². The van der Waals surface area contributed by atoms with Crippen LogP contribution in [0.3, 0.4) is 0 Å². The van der Waals surface area contributed by atoms with Gasteiger partial charge in [0, 0.05) is 31.5 Å². The van der Waals surface area contributed by atoms with Gasteiger partial charge < -0.3 is 15.0 Å². The molecule has 5 nitrogen and oxygen atoms in total. The van der Waals surface area contributed by atoms with Crippen molar-refractivity contribution >= 4 is 11.6 Å². The van der Waals surface area contributed by atoms with Gasteiger partial charge in [0.2, 0.25) is 0 Å². The Hall–Kier alpha value is -1.88. The van der Waals surface area contributed by atoms with E-state index in [9.17, 15) is 4.79 Å². The number of aromatic nitrogens is 2. The van der Waals surface area contributed by atoms with Crippen LogP contribution < -0.4 is 5.73 Å². The number of amides is 1. The van der Waals surface area contributed by atoms with Crippen molar-refractivity contribution < 1.29 is 4.79 Å². The second-order valence-electron chi connectivity index (χ2n) is 5.71. The topological polar surface area (TPSA) is 63.6 Å². The SMILES string of the molecule is Cc1cn2ccc(C(=O)N(C)C3(CN)CCC3)cc2n1. The Labute approximate surface area is 118 Å². The summed E-state index contributed by atoms with van der Waals surface area (Å²) in [6, 6.07) is 3.69. The summed E-state index contributed by atoms with van der Waals surface area (Å²) in [5.74, 6) is 0.0262. The molecular formula is C15H20N4O. The van der Waals surface area contributed by atoms with Gasteiger partial charge in [0.25, 0.3) is 5.91 Å². The minimum Gasteiger partial charge on any atom is -0.335 e. The van der Waals surface area contributed by atoms with Crippen molar-refractivity contribution in [1.82, 2.24) is 14.3 Å². The molecule has 0 saturated heterocycles. The van der Waals surface area contributed by atoms with Gasteiger partial charge in [-0.05, 0) is 38.3 Å². The number of nitrogens with zero attached hydrogens (tertiary/aromatic N) is 3. The summed E-state index contributed by atoms with van der Waals surface area (Å²) in [5.41, 5.74) is 8.14. The van der Waals surface area contributed by atoms with E-state index in [1.807, 2.05) is 47.8 Å². The lowest BCUT2D eigenvalue weighted by Crippen LogP contribution is -2.58. The number of pyridine rings is 1. The highest BCUT2D eigenvalue weighted by molar-refractivity contribution is 5.95. The fourth-order valence-corrected chi connectivity index (χ4v) is 2.91. The first-order valence-electron chi connectivity index (χ1n) is 6.99. The minimum atomic E-state index is -0.144. The number of aryl methyl sites for hydroxylation is 1. The minimum absolute atomic E-state index is 0.0262. The molecule has 0 unspecified atom stereocenters. The van der Waals surface area contributed by atoms with E-state index in [1.165, 1.54) is 0 Å². The molecule has 1 aliphatic carbocycles. The van der Waals surface area contributed by atoms with E-state index < -0.39 is 0 Å². The van der Waals surface area contributed by atoms with Gasteiger partial charge in [0.1, 0.15) is 5.65 Å². The Morgan fingerprint density at radius 2 is 2.30 bits per heavy atom. The van der Waals surface area contributed by atoms with Crippen LogP contribution in [0.15, 0.2) is 24.5 Å². The zero-order valence-corrected chi connectivity index (χ0v) is 12.0. The maximum atomic E-state index is 12.6. The van der Waals surface area contributed by atoms with Crippen LogP contribution in [-0.4, -0.2) is 39.3 Å². The first-order valence-corrected chi connectivity index (χ1v) is 6.99. The zero-order valence-electron chi connectivity index (χ0n) is 12.0. The lowest BCUT2D eigenvalue weighted by atomic mass is 9.75. The van der Waals surface area contributed by atoms with Crippen LogP contribution in [0.25, 0.3) is 5.65 Å². The molecular weight excluding hydrogens is 252 g/mol. The van der Waals surface area contributed by atoms with Crippen LogP contribution in [0, 0.1) is 6.92 Å². The second kappa shape index (κ2) is 4.59. The lowest BCUT2D eigenvalue weighted by Gasteiger charge is -2.48. The molecule has 1 amide bonds. The first kappa shape index (κ1) is 13.1. The second-order valence-corrected chi connectivity index (χ2v) is 5.71. The van der Waals surface area contributed by atoms with E-state index in [-0.39, 0.29) is 11.4 Å². The number of nitrogens with two attached hydrogens (primary N) is 1. The molecule has 0 atom stereocenters. The average molecular weight is 272 g/mol. The average Bonchev–Trinajstić information content (AvgIpc) is 2.76. The van der Waals surface area contributed by atoms with Gasteiger partial charge in [-0.1, -0.05) is 0 Å². The van der Waals surface area contributed by atoms with Crippen molar-refractivity contribution in [2.24, 2.45) is 5.73 Å². The van der Waals surface area contributed by atoms with Crippen molar-refractivity contribution in [1.29, 1.82) is 0 Å². The van der Waals surface area contributed by atoms with Gasteiger partial charge in [0.15, 0.2) is 0 Å². The third-order valence-corrected chi connectivity index (χ3v) is 4.51. The molecule has 1 aliphatic rings. The van der Waals surface area contributed by atoms with E-state index in [1.54, 1.807) is 0 Å². The number of hydrogen-bond acceptors (Lipinski definition) is 3. The molecule has 2 aromatic heterocycles. The van der Waals surface area contributed by atoms with Crippen LogP contribution >= 0.6 is 0 Å². The molecule has 2 heterocycles. The third kappa shape index (κ3) is 1.89. The fourth-order valence-electron chi connectivity index (χ4n) is 2.91. The maximum Gasteiger partial charge on any atom is 0.254 e. The third-order valence-electron chi connectivity index (χ3n) is 4.51. The van der Waals surface area contributed by atoms with Gasteiger partial charge in [-0.2, -0.15) is 0 Å². The lowest BCUT2D eigenvalue weighted by molar-refractivity contribution is 0.0322. The van der Waals surface area contributed by atoms with Crippen LogP contribution in [-0.2, 0) is 0 Å². The number of likely N-dealkylation sites (N-methyl/N-ethyl adjacent to an activating group) is 1. The molecule has 20 heavy (non-hydrogen) atoms. The van der Waals surface area contributed by atoms with Crippen LogP contribution in [0.5, 0.6) is 0 Å². The Morgan fingerprint density at radius 3 is 2.90 bits per heavy atom. The molecule has 3 rings (SSSR count). The predicted molar refractivity (Wildman–Crippen MR) is 77.7 cm³/mol. The summed E-state index contributed by atoms with van der Waals surface area (Å²) in [5, 5.41) is 0. The van der Waals surface area contributed by atoms with Crippen molar-refractivity contribution in [2.45, 2.75) is 31.7 Å². The highest BCUT2D eigenvalue weighted by Crippen LogP contribution is 2.36. The zero-order chi connectivity index (χ0) is 14.3. The molecule has 0 aliphatic heterocycles. The monoisotopic (exact) mass is 272 g/mol. The highest BCUT2D eigenvalue weighted by Gasteiger charge is 2.41. The fraction of sp³-hybridized carbons (Fsp3) is 0.467. The Bertz CT molecular complexity index is 651. The van der Waals surface area contributed by atoms with Crippen LogP contribution in [0.4, 0.5) is 0 Å². The number of fused-ring (bicyclic) bond motifs is 1. The summed E-state index contributed by atoms with van der Waals surface area (Å²) in [4.78, 5) is 18.8. The van der Waals surface area contributed by atoms with Gasteiger partial charge in [0.05, 0.1) is 11.2 Å². The summed E-state index contributed by atoms with van der Waals surface area (Å²) >= 11 is 0. The molecule has 2 N–H and O–H groups in total. The highest BCUT2D eigenvalue weighted by atomic mass is 16.2. The van der Waals surface area contributed by atoms with E-state index in [0.717, 1.165) is 30.6 Å². The quantitative estimate of drug-likeness (QED) is 0.923. The molecule has 0 spiro atoms. The molecule has 5 heteroatoms. The number of imidazole rings is 1. The molecule has 1 saturated carbocycles. The summed E-state index contributed by atoms with van der Waals surface area (Å²) in [6.07, 6.45) is 6.97. The standard InChI is InChI=1S/C15H20N4O/c1-11-9-19-7-4-12(8-13(19)17-11)14(20)18(2)15(10-16)5-3-6-15/h4,7-9H,3,5-6,10,16H2,1-2H3. The van der Waals surface area contributed by atoms with Gasteiger partial charge >= 0.3 is 0 Å². The molecule has 0 bridgehead atoms. The summed E-state index contributed by atoms with van der Waals surface area (Å²) < 4.78 is 1.92. The van der Waals surface area contributed by atoms with Gasteiger partial charge in [-0.25, -0.2) is 4.98 Å². The van der Waals surface area contributed by atoms with E-state index in [2.05, 4.69) is 4.98 Å². The summed E-state index contributed by atoms with van der Waals surface area (Å²) in [6.45, 7) is 2.47. The Balaban J connectivity index is 1.91. The van der Waals surface area contributed by atoms with Crippen molar-refractivity contribution in [2.75, 3.05) is 13.6 Å². The van der Waals surface area contributed by atoms with Crippen molar-refractivity contribution in [3.63, 3.8) is 0 Å². The molecule has 2 aromatic rings. The number of carbonyl (C=O) groups excluding carboxylic acids is 1. The molecule has 0 radical (unpaired) electrons.